The Hall–Kier alpha value is -3.42. The Balaban J connectivity index is 0.00000616. The molecule has 1 heterocycles. The molecule has 1 unspecified atom stereocenters. The Morgan fingerprint density at radius 2 is 1.81 bits per heavy atom. The summed E-state index contributed by atoms with van der Waals surface area (Å²) in [5.41, 5.74) is 9.65. The summed E-state index contributed by atoms with van der Waals surface area (Å²) in [6, 6.07) is 9.56. The molecule has 1 fully saturated rings. The molecule has 3 atom stereocenters. The number of halogens is 1. The van der Waals surface area contributed by atoms with E-state index in [0.29, 0.717) is 24.8 Å². The fourth-order valence-electron chi connectivity index (χ4n) is 5.55. The molecule has 0 saturated carbocycles. The van der Waals surface area contributed by atoms with Gasteiger partial charge < -0.3 is 26.0 Å². The van der Waals surface area contributed by atoms with Gasteiger partial charge in [-0.25, -0.2) is 13.2 Å². The fourth-order valence-corrected chi connectivity index (χ4v) is 6.78. The lowest BCUT2D eigenvalue weighted by atomic mass is 9.77. The maximum atomic E-state index is 14.3. The van der Waals surface area contributed by atoms with Crippen molar-refractivity contribution in [2.24, 2.45) is 17.4 Å². The number of hydrogen-bond acceptors (Lipinski definition) is 7. The summed E-state index contributed by atoms with van der Waals surface area (Å²) >= 11 is 0. The monoisotopic (exact) mass is 624 g/mol. The molecule has 0 spiro atoms. The van der Waals surface area contributed by atoms with Crippen molar-refractivity contribution in [2.75, 3.05) is 19.7 Å². The topological polar surface area (TPSA) is 189 Å². The Morgan fingerprint density at radius 1 is 1.17 bits per heavy atom. The van der Waals surface area contributed by atoms with Gasteiger partial charge in [-0.05, 0) is 63.4 Å². The van der Waals surface area contributed by atoms with Crippen molar-refractivity contribution >= 4 is 56.9 Å². The molecule has 0 aliphatic carbocycles. The number of nitrogens with one attached hydrogen (secondary N) is 2. The molecule has 1 aliphatic heterocycles. The van der Waals surface area contributed by atoms with E-state index >= 15 is 0 Å². The highest BCUT2D eigenvalue weighted by Gasteiger charge is 2.53. The minimum absolute atomic E-state index is 0. The highest BCUT2D eigenvalue weighted by atomic mass is 35.5. The van der Waals surface area contributed by atoms with Gasteiger partial charge >= 0.3 is 5.97 Å². The molecule has 232 valence electrons. The number of guanidine groups is 1. The molecule has 1 saturated heterocycles. The van der Waals surface area contributed by atoms with Crippen LogP contribution in [-0.2, 0) is 29.1 Å². The molecule has 2 amide bonds. The number of likely N-dealkylation sites (tertiary alicyclic amines) is 1. The van der Waals surface area contributed by atoms with Gasteiger partial charge in [-0.15, -0.1) is 12.4 Å². The lowest BCUT2D eigenvalue weighted by Crippen LogP contribution is -2.68. The lowest BCUT2D eigenvalue weighted by Gasteiger charge is -2.50. The quantitative estimate of drug-likeness (QED) is 0.166. The molecule has 12 nitrogen and oxygen atoms in total. The Bertz CT molecular complexity index is 1420. The predicted molar refractivity (Wildman–Crippen MR) is 162 cm³/mol. The third kappa shape index (κ3) is 7.50. The number of fused-ring (bicyclic) bond motifs is 1. The van der Waals surface area contributed by atoms with E-state index < -0.39 is 57.8 Å². The van der Waals surface area contributed by atoms with Crippen molar-refractivity contribution < 1.29 is 27.5 Å². The van der Waals surface area contributed by atoms with Crippen molar-refractivity contribution in [3.8, 4) is 0 Å². The second-order valence-electron chi connectivity index (χ2n) is 10.7. The first-order valence-electron chi connectivity index (χ1n) is 13.6. The summed E-state index contributed by atoms with van der Waals surface area (Å²) in [6.45, 7) is 7.41. The molecule has 42 heavy (non-hydrogen) atoms. The standard InChI is InChI=1S/C28H40N6O6S.ClH/c1-5-40-26(37)28(4,21-11-8-14-33(17-21)27(30)31)34(18(2)3)25(36)23(16-24(29)35)32-41(38,39)22-13-12-19-9-6-7-10-20(19)15-22;/h6-7,9-10,12-13,15,18,21,23,32H,5,8,11,14,16-17H2,1-4H3,(H2,29,35)(H3,30,31);1H/t21-,23-,28?;/m0./s1. The van der Waals surface area contributed by atoms with Crippen LogP contribution in [0.25, 0.3) is 10.8 Å². The molecule has 0 aromatic heterocycles. The molecule has 0 radical (unpaired) electrons. The summed E-state index contributed by atoms with van der Waals surface area (Å²) < 4.78 is 34.8. The largest absolute Gasteiger partial charge is 0.464 e. The van der Waals surface area contributed by atoms with Gasteiger partial charge in [0, 0.05) is 25.0 Å². The van der Waals surface area contributed by atoms with Gasteiger partial charge in [0.2, 0.25) is 21.8 Å². The van der Waals surface area contributed by atoms with Crippen LogP contribution in [0.2, 0.25) is 0 Å². The van der Waals surface area contributed by atoms with E-state index in [1.807, 2.05) is 12.1 Å². The number of nitrogens with two attached hydrogens (primary N) is 2. The number of piperidine rings is 1. The molecular weight excluding hydrogens is 584 g/mol. The van der Waals surface area contributed by atoms with Crippen molar-refractivity contribution in [3.05, 3.63) is 42.5 Å². The van der Waals surface area contributed by atoms with Crippen LogP contribution in [0.4, 0.5) is 0 Å². The van der Waals surface area contributed by atoms with Crippen molar-refractivity contribution in [1.82, 2.24) is 14.5 Å². The number of primary amides is 1. The Kier molecular flexibility index (Phi) is 11.7. The van der Waals surface area contributed by atoms with E-state index in [2.05, 4.69) is 4.72 Å². The smallest absolute Gasteiger partial charge is 0.332 e. The molecule has 2 aromatic carbocycles. The highest BCUT2D eigenvalue weighted by Crippen LogP contribution is 2.36. The van der Waals surface area contributed by atoms with Crippen LogP contribution < -0.4 is 16.2 Å². The number of carbonyl (C=O) groups excluding carboxylic acids is 3. The second kappa shape index (κ2) is 14.2. The van der Waals surface area contributed by atoms with Crippen LogP contribution in [-0.4, -0.2) is 79.3 Å². The predicted octanol–water partition coefficient (Wildman–Crippen LogP) is 1.95. The average molecular weight is 625 g/mol. The van der Waals surface area contributed by atoms with E-state index in [9.17, 15) is 22.8 Å². The van der Waals surface area contributed by atoms with Gasteiger partial charge in [-0.3, -0.25) is 15.0 Å². The van der Waals surface area contributed by atoms with Crippen LogP contribution in [0.1, 0.15) is 47.0 Å². The molecule has 6 N–H and O–H groups in total. The van der Waals surface area contributed by atoms with Gasteiger partial charge in [-0.1, -0.05) is 30.3 Å². The van der Waals surface area contributed by atoms with E-state index in [-0.39, 0.29) is 36.4 Å². The minimum atomic E-state index is -4.30. The first kappa shape index (κ1) is 34.8. The van der Waals surface area contributed by atoms with Crippen LogP contribution in [0.5, 0.6) is 0 Å². The summed E-state index contributed by atoms with van der Waals surface area (Å²) in [5.74, 6) is -3.02. The summed E-state index contributed by atoms with van der Waals surface area (Å²) in [4.78, 5) is 42.8. The van der Waals surface area contributed by atoms with Gasteiger partial charge in [0.15, 0.2) is 5.96 Å². The van der Waals surface area contributed by atoms with Crippen LogP contribution in [0, 0.1) is 11.3 Å². The number of nitrogens with zero attached hydrogens (tertiary/aromatic N) is 2. The molecule has 14 heteroatoms. The van der Waals surface area contributed by atoms with Gasteiger partial charge in [0.05, 0.1) is 17.9 Å². The zero-order valence-corrected chi connectivity index (χ0v) is 26.0. The highest BCUT2D eigenvalue weighted by molar-refractivity contribution is 7.89. The first-order valence-corrected chi connectivity index (χ1v) is 15.1. The Morgan fingerprint density at radius 3 is 2.38 bits per heavy atom. The SMILES string of the molecule is CCOC(=O)C(C)([C@H]1CCCN(C(=N)N)C1)N(C(=O)[C@H](CC(N)=O)NS(=O)(=O)c1ccc2ccccc2c1)C(C)C.Cl. The number of sulfonamides is 1. The summed E-state index contributed by atoms with van der Waals surface area (Å²) in [5, 5.41) is 9.42. The molecule has 2 aromatic rings. The third-order valence-electron chi connectivity index (χ3n) is 7.53. The lowest BCUT2D eigenvalue weighted by molar-refractivity contribution is -0.172. The second-order valence-corrected chi connectivity index (χ2v) is 12.4. The van der Waals surface area contributed by atoms with Crippen LogP contribution in [0.15, 0.2) is 47.4 Å². The summed E-state index contributed by atoms with van der Waals surface area (Å²) in [6.07, 6.45) is 0.510. The number of esters is 1. The Labute approximate surface area is 253 Å². The maximum absolute atomic E-state index is 14.3. The van der Waals surface area contributed by atoms with E-state index in [1.54, 1.807) is 50.8 Å². The minimum Gasteiger partial charge on any atom is -0.464 e. The fraction of sp³-hybridized carbons (Fsp3) is 0.500. The third-order valence-corrected chi connectivity index (χ3v) is 9.00. The normalized spacial score (nSPS) is 17.5. The molecule has 0 bridgehead atoms. The van der Waals surface area contributed by atoms with Crippen LogP contribution >= 0.6 is 12.4 Å². The van der Waals surface area contributed by atoms with Crippen molar-refractivity contribution in [1.29, 1.82) is 5.41 Å². The van der Waals surface area contributed by atoms with E-state index in [4.69, 9.17) is 21.6 Å². The van der Waals surface area contributed by atoms with Gasteiger partial charge in [0.25, 0.3) is 0 Å². The number of rotatable bonds is 11. The number of ether oxygens (including phenoxy) is 1. The van der Waals surface area contributed by atoms with E-state index in [0.717, 1.165) is 5.39 Å². The van der Waals surface area contributed by atoms with Gasteiger partial charge in [0.1, 0.15) is 11.6 Å². The number of hydrogen-bond donors (Lipinski definition) is 4. The molecule has 1 aliphatic rings. The van der Waals surface area contributed by atoms with Crippen molar-refractivity contribution in [2.45, 2.75) is 69.5 Å². The number of amides is 2. The first-order chi connectivity index (χ1) is 19.2. The van der Waals surface area contributed by atoms with Crippen molar-refractivity contribution in [3.63, 3.8) is 0 Å². The zero-order chi connectivity index (χ0) is 30.5. The van der Waals surface area contributed by atoms with Crippen LogP contribution in [0.3, 0.4) is 0 Å². The van der Waals surface area contributed by atoms with Gasteiger partial charge in [-0.2, -0.15) is 4.72 Å². The average Bonchev–Trinajstić information content (AvgIpc) is 2.91. The zero-order valence-electron chi connectivity index (χ0n) is 24.3. The molecule has 3 rings (SSSR count). The maximum Gasteiger partial charge on any atom is 0.332 e. The van der Waals surface area contributed by atoms with E-state index in [1.165, 1.54) is 17.0 Å². The number of benzene rings is 2. The molecular formula is C28H41ClN6O6S. The summed E-state index contributed by atoms with van der Waals surface area (Å²) in [7, 11) is -4.30. The number of carbonyl (C=O) groups is 3.